The molecule has 126 valence electrons. The van der Waals surface area contributed by atoms with E-state index in [4.69, 9.17) is 0 Å². The van der Waals surface area contributed by atoms with Crippen molar-refractivity contribution in [2.75, 3.05) is 6.54 Å². The summed E-state index contributed by atoms with van der Waals surface area (Å²) in [5.74, 6) is -0.345. The third-order valence-corrected chi connectivity index (χ3v) is 4.45. The molecule has 1 aromatic carbocycles. The largest absolute Gasteiger partial charge is 0.343 e. The molecule has 1 saturated heterocycles. The number of pyridine rings is 1. The van der Waals surface area contributed by atoms with Crippen LogP contribution in [0.2, 0.25) is 0 Å². The number of halogens is 1. The Balaban J connectivity index is 1.84. The highest BCUT2D eigenvalue weighted by molar-refractivity contribution is 5.79. The second kappa shape index (κ2) is 7.53. The fraction of sp³-hybridized carbons (Fsp3) is 0.368. The Labute approximate surface area is 141 Å². The van der Waals surface area contributed by atoms with E-state index in [9.17, 15) is 9.18 Å². The number of amides is 1. The van der Waals surface area contributed by atoms with Gasteiger partial charge in [-0.2, -0.15) is 0 Å². The van der Waals surface area contributed by atoms with Crippen LogP contribution in [0.1, 0.15) is 37.1 Å². The van der Waals surface area contributed by atoms with Gasteiger partial charge in [-0.25, -0.2) is 4.39 Å². The number of benzene rings is 1. The lowest BCUT2D eigenvalue weighted by Crippen LogP contribution is -2.43. The molecule has 1 fully saturated rings. The zero-order valence-corrected chi connectivity index (χ0v) is 13.7. The Morgan fingerprint density at radius 1 is 1.33 bits per heavy atom. The Kier molecular flexibility index (Phi) is 5.20. The van der Waals surface area contributed by atoms with E-state index in [1.807, 2.05) is 24.3 Å². The highest BCUT2D eigenvalue weighted by atomic mass is 19.1. The normalized spacial score (nSPS) is 21.9. The van der Waals surface area contributed by atoms with Crippen LogP contribution < -0.4 is 10.6 Å². The first kappa shape index (κ1) is 16.6. The minimum absolute atomic E-state index is 0.00302. The molecule has 2 N–H and O–H groups in total. The molecule has 0 bridgehead atoms. The van der Waals surface area contributed by atoms with E-state index in [0.717, 1.165) is 19.4 Å². The second-order valence-corrected chi connectivity index (χ2v) is 6.33. The summed E-state index contributed by atoms with van der Waals surface area (Å²) in [6.07, 6.45) is 3.30. The average Bonchev–Trinajstić information content (AvgIpc) is 2.60. The summed E-state index contributed by atoms with van der Waals surface area (Å²) >= 11 is 0. The van der Waals surface area contributed by atoms with Gasteiger partial charge in [0.2, 0.25) is 5.91 Å². The van der Waals surface area contributed by atoms with Crippen molar-refractivity contribution < 1.29 is 9.18 Å². The van der Waals surface area contributed by atoms with Gasteiger partial charge in [-0.3, -0.25) is 9.78 Å². The smallest absolute Gasteiger partial charge is 0.224 e. The first-order valence-corrected chi connectivity index (χ1v) is 8.33. The van der Waals surface area contributed by atoms with Gasteiger partial charge < -0.3 is 10.6 Å². The first-order chi connectivity index (χ1) is 11.6. The fourth-order valence-corrected chi connectivity index (χ4v) is 3.19. The molecule has 3 rings (SSSR count). The average molecular weight is 327 g/mol. The number of carbonyl (C=O) groups is 1. The molecular weight excluding hydrogens is 305 g/mol. The van der Waals surface area contributed by atoms with E-state index in [1.165, 1.54) is 12.1 Å². The SMILES string of the molecule is C[C@@H]1C[C@H](C(=O)NC(c2cccc(F)c2)c2ccccn2)CCN1. The van der Waals surface area contributed by atoms with Gasteiger partial charge in [-0.15, -0.1) is 0 Å². The third-order valence-electron chi connectivity index (χ3n) is 4.45. The summed E-state index contributed by atoms with van der Waals surface area (Å²) in [4.78, 5) is 17.1. The summed E-state index contributed by atoms with van der Waals surface area (Å²) in [5, 5.41) is 6.42. The Morgan fingerprint density at radius 2 is 2.21 bits per heavy atom. The predicted octanol–water partition coefficient (Wildman–Crippen LogP) is 2.81. The number of aromatic nitrogens is 1. The molecule has 1 aliphatic rings. The topological polar surface area (TPSA) is 54.0 Å². The Hall–Kier alpha value is -2.27. The second-order valence-electron chi connectivity index (χ2n) is 6.33. The number of carbonyl (C=O) groups excluding carboxylic acids is 1. The molecule has 1 aliphatic heterocycles. The Bertz CT molecular complexity index is 692. The zero-order chi connectivity index (χ0) is 16.9. The van der Waals surface area contributed by atoms with Crippen molar-refractivity contribution in [3.8, 4) is 0 Å². The molecule has 0 spiro atoms. The van der Waals surface area contributed by atoms with Crippen LogP contribution in [-0.2, 0) is 4.79 Å². The Morgan fingerprint density at radius 3 is 2.92 bits per heavy atom. The van der Waals surface area contributed by atoms with Crippen molar-refractivity contribution in [1.82, 2.24) is 15.6 Å². The maximum Gasteiger partial charge on any atom is 0.224 e. The summed E-state index contributed by atoms with van der Waals surface area (Å²) in [6, 6.07) is 11.7. The van der Waals surface area contributed by atoms with Crippen LogP contribution in [0.15, 0.2) is 48.7 Å². The number of piperidine rings is 1. The van der Waals surface area contributed by atoms with Gasteiger partial charge in [0.1, 0.15) is 5.82 Å². The van der Waals surface area contributed by atoms with E-state index in [-0.39, 0.29) is 17.6 Å². The molecule has 2 heterocycles. The molecule has 1 amide bonds. The van der Waals surface area contributed by atoms with Crippen LogP contribution in [0, 0.1) is 11.7 Å². The van der Waals surface area contributed by atoms with Gasteiger partial charge in [0.15, 0.2) is 0 Å². The summed E-state index contributed by atoms with van der Waals surface area (Å²) in [5.41, 5.74) is 1.41. The van der Waals surface area contributed by atoms with E-state index >= 15 is 0 Å². The molecule has 2 aromatic rings. The van der Waals surface area contributed by atoms with Crippen LogP contribution in [0.25, 0.3) is 0 Å². The maximum absolute atomic E-state index is 13.6. The van der Waals surface area contributed by atoms with Crippen LogP contribution in [0.3, 0.4) is 0 Å². The van der Waals surface area contributed by atoms with Crippen LogP contribution >= 0.6 is 0 Å². The van der Waals surface area contributed by atoms with Crippen molar-refractivity contribution in [2.45, 2.75) is 31.8 Å². The summed E-state index contributed by atoms with van der Waals surface area (Å²) in [6.45, 7) is 2.93. The molecule has 24 heavy (non-hydrogen) atoms. The summed E-state index contributed by atoms with van der Waals surface area (Å²) < 4.78 is 13.6. The summed E-state index contributed by atoms with van der Waals surface area (Å²) in [7, 11) is 0. The molecular formula is C19H22FN3O. The minimum atomic E-state index is -0.445. The fourth-order valence-electron chi connectivity index (χ4n) is 3.19. The molecule has 1 aromatic heterocycles. The lowest BCUT2D eigenvalue weighted by Gasteiger charge is -2.29. The molecule has 0 radical (unpaired) electrons. The molecule has 1 unspecified atom stereocenters. The monoisotopic (exact) mass is 327 g/mol. The van der Waals surface area contributed by atoms with Gasteiger partial charge in [0, 0.05) is 18.2 Å². The van der Waals surface area contributed by atoms with Crippen LogP contribution in [0.4, 0.5) is 4.39 Å². The van der Waals surface area contributed by atoms with Crippen molar-refractivity contribution in [3.63, 3.8) is 0 Å². The first-order valence-electron chi connectivity index (χ1n) is 8.33. The van der Waals surface area contributed by atoms with Crippen LogP contribution in [-0.4, -0.2) is 23.5 Å². The van der Waals surface area contributed by atoms with Gasteiger partial charge >= 0.3 is 0 Å². The third kappa shape index (κ3) is 3.97. The molecule has 5 heteroatoms. The quantitative estimate of drug-likeness (QED) is 0.908. The lowest BCUT2D eigenvalue weighted by molar-refractivity contribution is -0.126. The van der Waals surface area contributed by atoms with Crippen molar-refractivity contribution in [2.24, 2.45) is 5.92 Å². The van der Waals surface area contributed by atoms with Crippen molar-refractivity contribution >= 4 is 5.91 Å². The zero-order valence-electron chi connectivity index (χ0n) is 13.7. The van der Waals surface area contributed by atoms with Gasteiger partial charge in [0.05, 0.1) is 11.7 Å². The minimum Gasteiger partial charge on any atom is -0.343 e. The number of rotatable bonds is 4. The van der Waals surface area contributed by atoms with Gasteiger partial charge in [-0.05, 0) is 56.1 Å². The highest BCUT2D eigenvalue weighted by Crippen LogP contribution is 2.23. The van der Waals surface area contributed by atoms with Crippen molar-refractivity contribution in [1.29, 1.82) is 0 Å². The van der Waals surface area contributed by atoms with E-state index in [2.05, 4.69) is 22.5 Å². The molecule has 0 saturated carbocycles. The number of nitrogens with one attached hydrogen (secondary N) is 2. The van der Waals surface area contributed by atoms with Gasteiger partial charge in [-0.1, -0.05) is 18.2 Å². The molecule has 3 atom stereocenters. The maximum atomic E-state index is 13.6. The predicted molar refractivity (Wildman–Crippen MR) is 90.8 cm³/mol. The number of hydrogen-bond acceptors (Lipinski definition) is 3. The van der Waals surface area contributed by atoms with E-state index < -0.39 is 6.04 Å². The van der Waals surface area contributed by atoms with E-state index in [1.54, 1.807) is 12.3 Å². The van der Waals surface area contributed by atoms with Crippen LogP contribution in [0.5, 0.6) is 0 Å². The molecule has 4 nitrogen and oxygen atoms in total. The lowest BCUT2D eigenvalue weighted by atomic mass is 9.91. The standard InChI is InChI=1S/C19H22FN3O/c1-13-11-15(8-10-21-13)19(24)23-18(17-7-2-3-9-22-17)14-5-4-6-16(20)12-14/h2-7,9,12-13,15,18,21H,8,10-11H2,1H3,(H,23,24)/t13-,15-,18?/m1/s1. The van der Waals surface area contributed by atoms with Gasteiger partial charge in [0.25, 0.3) is 0 Å². The number of hydrogen-bond donors (Lipinski definition) is 2. The highest BCUT2D eigenvalue weighted by Gasteiger charge is 2.27. The van der Waals surface area contributed by atoms with Crippen molar-refractivity contribution in [3.05, 3.63) is 65.7 Å². The molecule has 0 aliphatic carbocycles. The number of nitrogens with zero attached hydrogens (tertiary/aromatic N) is 1. The van der Waals surface area contributed by atoms with E-state index in [0.29, 0.717) is 17.3 Å².